The van der Waals surface area contributed by atoms with Crippen molar-refractivity contribution in [3.8, 4) is 17.6 Å². The fourth-order valence-electron chi connectivity index (χ4n) is 5.86. The van der Waals surface area contributed by atoms with Crippen LogP contribution in [0, 0.1) is 11.3 Å². The second-order valence-electron chi connectivity index (χ2n) is 12.1. The van der Waals surface area contributed by atoms with Gasteiger partial charge in [-0.1, -0.05) is 54.6 Å². The van der Waals surface area contributed by atoms with Gasteiger partial charge in [-0.2, -0.15) is 5.26 Å². The molecular formula is C41H37N5O5S2. The number of fused-ring (bicyclic) bond motifs is 1. The van der Waals surface area contributed by atoms with E-state index in [1.165, 1.54) is 49.0 Å². The van der Waals surface area contributed by atoms with E-state index in [1.54, 1.807) is 66.7 Å². The fraction of sp³-hybridized carbons (Fsp3) is 0.171. The van der Waals surface area contributed by atoms with Crippen LogP contribution >= 0.6 is 23.1 Å². The number of benzene rings is 4. The predicted molar refractivity (Wildman–Crippen MR) is 209 cm³/mol. The third-order valence-corrected chi connectivity index (χ3v) is 10.6. The number of carbonyl (C=O) groups excluding carboxylic acids is 3. The van der Waals surface area contributed by atoms with E-state index < -0.39 is 11.8 Å². The highest BCUT2D eigenvalue weighted by molar-refractivity contribution is 8.00. The van der Waals surface area contributed by atoms with E-state index in [2.05, 4.69) is 39.1 Å². The Morgan fingerprint density at radius 2 is 1.70 bits per heavy atom. The number of anilines is 2. The van der Waals surface area contributed by atoms with Gasteiger partial charge in [0.25, 0.3) is 11.8 Å². The minimum Gasteiger partial charge on any atom is -0.497 e. The van der Waals surface area contributed by atoms with Gasteiger partial charge >= 0.3 is 0 Å². The molecule has 0 radical (unpaired) electrons. The summed E-state index contributed by atoms with van der Waals surface area (Å²) in [6.07, 6.45) is 2.28. The Kier molecular flexibility index (Phi) is 12.2. The van der Waals surface area contributed by atoms with Crippen molar-refractivity contribution >= 4 is 57.6 Å². The van der Waals surface area contributed by atoms with Crippen LogP contribution in [0.25, 0.3) is 6.08 Å². The molecule has 1 aromatic heterocycles. The van der Waals surface area contributed by atoms with Gasteiger partial charge < -0.3 is 25.4 Å². The quantitative estimate of drug-likeness (QED) is 0.0844. The molecule has 0 bridgehead atoms. The minimum absolute atomic E-state index is 0.0158. The maximum atomic E-state index is 13.7. The molecule has 2 heterocycles. The van der Waals surface area contributed by atoms with Gasteiger partial charge in [-0.25, -0.2) is 0 Å². The summed E-state index contributed by atoms with van der Waals surface area (Å²) in [6.45, 7) is 2.40. The van der Waals surface area contributed by atoms with Gasteiger partial charge in [0.1, 0.15) is 28.3 Å². The van der Waals surface area contributed by atoms with Gasteiger partial charge in [0.2, 0.25) is 5.91 Å². The molecule has 12 heteroatoms. The van der Waals surface area contributed by atoms with Crippen LogP contribution in [0.4, 0.5) is 10.7 Å². The Balaban J connectivity index is 1.12. The van der Waals surface area contributed by atoms with Gasteiger partial charge in [-0.05, 0) is 72.2 Å². The van der Waals surface area contributed by atoms with Crippen molar-refractivity contribution in [2.24, 2.45) is 0 Å². The Morgan fingerprint density at radius 1 is 0.925 bits per heavy atom. The van der Waals surface area contributed by atoms with Crippen LogP contribution in [-0.2, 0) is 29.1 Å². The van der Waals surface area contributed by atoms with Crippen LogP contribution in [0.1, 0.15) is 37.5 Å². The lowest BCUT2D eigenvalue weighted by Crippen LogP contribution is -2.30. The molecule has 0 spiro atoms. The average molecular weight is 744 g/mol. The van der Waals surface area contributed by atoms with E-state index >= 15 is 0 Å². The molecule has 53 heavy (non-hydrogen) atoms. The molecule has 0 fully saturated rings. The van der Waals surface area contributed by atoms with E-state index in [4.69, 9.17) is 9.47 Å². The zero-order valence-electron chi connectivity index (χ0n) is 29.2. The molecule has 4 aromatic carbocycles. The van der Waals surface area contributed by atoms with Crippen molar-refractivity contribution in [1.29, 1.82) is 5.26 Å². The highest BCUT2D eigenvalue weighted by Gasteiger charge is 2.25. The SMILES string of the molecule is COc1ccc(OC)c(/C=C(/NC(=O)c2ccccc2)C(=O)Nc2cccc(SCC(=O)Nc3sc4c(c3C#N)CCN(Cc3ccccc3)C4)c2)c1. The van der Waals surface area contributed by atoms with Crippen molar-refractivity contribution < 1.29 is 23.9 Å². The first-order valence-corrected chi connectivity index (χ1v) is 18.6. The standard InChI is InChI=1S/C41H37N5O5S2/c1-50-31-16-17-36(51-2)29(20-31)21-35(44-39(48)28-12-7-4-8-13-28)40(49)43-30-14-9-15-32(22-30)52-26-38(47)45-41-34(23-42)33-18-19-46(25-37(33)53-41)24-27-10-5-3-6-11-27/h3-17,20-22H,18-19,24-26H2,1-2H3,(H,43,49)(H,44,48)(H,45,47)/b35-21+. The van der Waals surface area contributed by atoms with Gasteiger partial charge in [-0.3, -0.25) is 19.3 Å². The lowest BCUT2D eigenvalue weighted by atomic mass is 10.0. The smallest absolute Gasteiger partial charge is 0.272 e. The fourth-order valence-corrected chi connectivity index (χ4v) is 7.87. The summed E-state index contributed by atoms with van der Waals surface area (Å²) in [7, 11) is 3.05. The summed E-state index contributed by atoms with van der Waals surface area (Å²) in [5.74, 6) is -0.128. The summed E-state index contributed by atoms with van der Waals surface area (Å²) in [5.41, 5.74) is 4.16. The molecule has 268 valence electrons. The topological polar surface area (TPSA) is 133 Å². The molecule has 10 nitrogen and oxygen atoms in total. The predicted octanol–water partition coefficient (Wildman–Crippen LogP) is 7.34. The maximum Gasteiger partial charge on any atom is 0.272 e. The molecule has 0 aliphatic carbocycles. The Bertz CT molecular complexity index is 2180. The number of ether oxygens (including phenoxy) is 2. The number of hydrogen-bond acceptors (Lipinski definition) is 9. The van der Waals surface area contributed by atoms with Crippen molar-refractivity contribution in [3.05, 3.63) is 142 Å². The van der Waals surface area contributed by atoms with Gasteiger partial charge in [-0.15, -0.1) is 23.1 Å². The van der Waals surface area contributed by atoms with E-state index in [0.29, 0.717) is 38.9 Å². The summed E-state index contributed by atoms with van der Waals surface area (Å²) < 4.78 is 10.9. The highest BCUT2D eigenvalue weighted by atomic mass is 32.2. The number of carbonyl (C=O) groups is 3. The number of rotatable bonds is 13. The summed E-state index contributed by atoms with van der Waals surface area (Å²) in [5, 5.41) is 19.1. The number of nitrogens with zero attached hydrogens (tertiary/aromatic N) is 2. The number of thioether (sulfide) groups is 1. The number of thiophene rings is 1. The molecule has 5 aromatic rings. The molecule has 1 aliphatic heterocycles. The molecule has 0 atom stereocenters. The number of nitriles is 1. The Hall–Kier alpha value is -5.87. The maximum absolute atomic E-state index is 13.7. The lowest BCUT2D eigenvalue weighted by molar-refractivity contribution is -0.114. The van der Waals surface area contributed by atoms with Crippen molar-refractivity contribution in [1.82, 2.24) is 10.2 Å². The lowest BCUT2D eigenvalue weighted by Gasteiger charge is -2.26. The summed E-state index contributed by atoms with van der Waals surface area (Å²) in [6, 6.07) is 33.4. The molecule has 1 aliphatic rings. The minimum atomic E-state index is -0.563. The van der Waals surface area contributed by atoms with Gasteiger partial charge in [0.15, 0.2) is 0 Å². The first-order valence-electron chi connectivity index (χ1n) is 16.8. The van der Waals surface area contributed by atoms with Crippen LogP contribution in [0.3, 0.4) is 0 Å². The summed E-state index contributed by atoms with van der Waals surface area (Å²) in [4.78, 5) is 44.2. The Labute approximate surface area is 316 Å². The van der Waals surface area contributed by atoms with E-state index in [0.717, 1.165) is 41.4 Å². The zero-order valence-corrected chi connectivity index (χ0v) is 30.8. The highest BCUT2D eigenvalue weighted by Crippen LogP contribution is 2.37. The third kappa shape index (κ3) is 9.52. The van der Waals surface area contributed by atoms with Crippen LogP contribution in [0.2, 0.25) is 0 Å². The molecular weight excluding hydrogens is 707 g/mol. The van der Waals surface area contributed by atoms with Crippen LogP contribution in [0.15, 0.2) is 114 Å². The third-order valence-electron chi connectivity index (χ3n) is 8.48. The van der Waals surface area contributed by atoms with E-state index in [1.807, 2.05) is 24.3 Å². The number of nitrogens with one attached hydrogen (secondary N) is 3. The molecule has 0 saturated carbocycles. The number of amides is 3. The molecule has 3 N–H and O–H groups in total. The van der Waals surface area contributed by atoms with Crippen LogP contribution < -0.4 is 25.4 Å². The van der Waals surface area contributed by atoms with Crippen LogP contribution in [0.5, 0.6) is 11.5 Å². The van der Waals surface area contributed by atoms with Gasteiger partial charge in [0, 0.05) is 46.2 Å². The molecule has 0 saturated heterocycles. The zero-order chi connectivity index (χ0) is 37.2. The monoisotopic (exact) mass is 743 g/mol. The number of hydrogen-bond donors (Lipinski definition) is 3. The Morgan fingerprint density at radius 3 is 2.43 bits per heavy atom. The van der Waals surface area contributed by atoms with Crippen LogP contribution in [-0.4, -0.2) is 49.1 Å². The van der Waals surface area contributed by atoms with E-state index in [-0.39, 0.29) is 17.4 Å². The largest absolute Gasteiger partial charge is 0.497 e. The van der Waals surface area contributed by atoms with Crippen molar-refractivity contribution in [2.75, 3.05) is 37.2 Å². The van der Waals surface area contributed by atoms with Crippen molar-refractivity contribution in [2.45, 2.75) is 24.4 Å². The second-order valence-corrected chi connectivity index (χ2v) is 14.2. The van der Waals surface area contributed by atoms with Crippen molar-refractivity contribution in [3.63, 3.8) is 0 Å². The second kappa shape index (κ2) is 17.6. The first kappa shape index (κ1) is 36.9. The molecule has 6 rings (SSSR count). The van der Waals surface area contributed by atoms with Gasteiger partial charge in [0.05, 0.1) is 25.5 Å². The normalized spacial score (nSPS) is 12.6. The first-order chi connectivity index (χ1) is 25.8. The van der Waals surface area contributed by atoms with E-state index in [9.17, 15) is 19.6 Å². The molecule has 3 amide bonds. The average Bonchev–Trinajstić information content (AvgIpc) is 3.53. The summed E-state index contributed by atoms with van der Waals surface area (Å²) >= 11 is 2.77. The number of methoxy groups -OCH3 is 2. The molecule has 0 unspecified atom stereocenters.